The summed E-state index contributed by atoms with van der Waals surface area (Å²) in [5, 5.41) is 16.2. The Morgan fingerprint density at radius 3 is 0.571 bits per heavy atom. The number of halogens is 20. The van der Waals surface area contributed by atoms with Crippen molar-refractivity contribution in [2.75, 3.05) is 40.6 Å². The monoisotopic (exact) mass is 854 g/mol. The topological polar surface area (TPSA) is 58.9 Å². The van der Waals surface area contributed by atoms with Crippen LogP contribution in [0.2, 0.25) is 0 Å². The molecular weight excluding hydrogens is 838 g/mol. The number of hydrogen-bond acceptors (Lipinski definition) is 4. The van der Waals surface area contributed by atoms with Crippen LogP contribution >= 0.6 is 0 Å². The van der Waals surface area contributed by atoms with Crippen molar-refractivity contribution in [3.8, 4) is 0 Å². The van der Waals surface area contributed by atoms with Gasteiger partial charge in [0.05, 0.1) is 26.4 Å². The van der Waals surface area contributed by atoms with Crippen LogP contribution in [0, 0.1) is 116 Å². The van der Waals surface area contributed by atoms with Gasteiger partial charge < -0.3 is 19.7 Å². The van der Waals surface area contributed by atoms with E-state index in [0.717, 1.165) is 0 Å². The van der Waals surface area contributed by atoms with E-state index < -0.39 is 144 Å². The Morgan fingerprint density at radius 2 is 0.446 bits per heavy atom. The average Bonchev–Trinajstić information content (AvgIpc) is 3.15. The predicted octanol–water partition coefficient (Wildman–Crippen LogP) is 2.10. The van der Waals surface area contributed by atoms with Crippen molar-refractivity contribution < 1.29 is 137 Å². The molecule has 2 N–H and O–H groups in total. The average molecular weight is 854 g/mol. The Bertz CT molecular complexity index is 1700. The van der Waals surface area contributed by atoms with Gasteiger partial charge in [-0.1, -0.05) is 0 Å². The summed E-state index contributed by atoms with van der Waals surface area (Å²) in [6.45, 7) is 0.696. The van der Waals surface area contributed by atoms with Gasteiger partial charge in [0.1, 0.15) is 52.7 Å². The number of benzene rings is 4. The summed E-state index contributed by atoms with van der Waals surface area (Å²) in [5.41, 5.74) is -14.3. The third-order valence-electron chi connectivity index (χ3n) is 7.18. The van der Waals surface area contributed by atoms with Gasteiger partial charge in [-0.2, -0.15) is 0 Å². The van der Waals surface area contributed by atoms with Gasteiger partial charge in [-0.05, 0) is 0 Å². The molecule has 0 bridgehead atoms. The molecule has 0 aromatic heterocycles. The second-order valence-electron chi connectivity index (χ2n) is 10.3. The number of methoxy groups -OCH3 is 1. The molecule has 304 valence electrons. The molecule has 26 heteroatoms. The molecule has 0 aliphatic rings. The molecule has 4 rings (SSSR count). The number of ether oxygens (including phenoxy) is 2. The van der Waals surface area contributed by atoms with Crippen molar-refractivity contribution in [1.29, 1.82) is 0 Å². The zero-order valence-corrected chi connectivity index (χ0v) is 29.7. The first-order valence-electron chi connectivity index (χ1n) is 14.0. The van der Waals surface area contributed by atoms with Crippen LogP contribution in [0.1, 0.15) is 0 Å². The van der Waals surface area contributed by atoms with Gasteiger partial charge >= 0.3 is 29.6 Å². The summed E-state index contributed by atoms with van der Waals surface area (Å²) in [4.78, 5) is 0. The molecule has 0 aliphatic heterocycles. The molecule has 4 aromatic carbocycles. The van der Waals surface area contributed by atoms with Gasteiger partial charge in [0.25, 0.3) is 0 Å². The maximum atomic E-state index is 15.4. The molecule has 0 amide bonds. The molecule has 0 atom stereocenters. The van der Waals surface area contributed by atoms with Crippen LogP contribution in [-0.4, -0.2) is 57.0 Å². The number of aliphatic hydroxyl groups excluding tert-OH is 2. The van der Waals surface area contributed by atoms with Gasteiger partial charge in [0.15, 0.2) is 69.8 Å². The summed E-state index contributed by atoms with van der Waals surface area (Å²) >= 11 is 0. The SMILES string of the molecule is COC.Fc1c(F)c(F)c([B-](c2c(F)c(F)c(F)c(F)c2F)(c2c(F)c(F)c(F)c(F)c2F)c2c(F)c(F)c(F)c(F)c2F)c(F)c1F.OCCOCCO.[Na+]. The Labute approximate surface area is 321 Å². The van der Waals surface area contributed by atoms with Gasteiger partial charge in [-0.15, -0.1) is 21.9 Å². The van der Waals surface area contributed by atoms with E-state index >= 15 is 35.1 Å². The molecule has 4 nitrogen and oxygen atoms in total. The fourth-order valence-electron chi connectivity index (χ4n) is 5.11. The van der Waals surface area contributed by atoms with Crippen LogP contribution < -0.4 is 51.4 Å². The van der Waals surface area contributed by atoms with Gasteiger partial charge in [0.2, 0.25) is 0 Å². The van der Waals surface area contributed by atoms with Crippen LogP contribution in [-0.2, 0) is 9.47 Å². The molecule has 0 saturated heterocycles. The molecule has 0 unspecified atom stereocenters. The standard InChI is InChI=1S/C24BF20.C4H10O3.C2H6O.Na/c26-5-1(6(27)14(35)21(42)13(5)34)25(2-7(28)15(36)22(43)16(37)8(2)29,3-9(30)17(38)23(44)18(39)10(3)31)4-11(32)19(40)24(45)20(41)12(4)33;5-1-3-7-4-2-6;1-3-2;/h;5-6H,1-4H2;1-2H3;/q-1;;;+1. The Kier molecular flexibility index (Phi) is 18.2. The van der Waals surface area contributed by atoms with Crippen LogP contribution in [0.3, 0.4) is 0 Å². The maximum absolute atomic E-state index is 15.4. The minimum atomic E-state index is -7.22. The van der Waals surface area contributed by atoms with Crippen LogP contribution in [0.25, 0.3) is 0 Å². The second-order valence-corrected chi connectivity index (χ2v) is 10.3. The summed E-state index contributed by atoms with van der Waals surface area (Å²) in [6, 6.07) is 0. The quantitative estimate of drug-likeness (QED) is 0.0940. The maximum Gasteiger partial charge on any atom is 1.00 e. The van der Waals surface area contributed by atoms with E-state index in [1.807, 2.05) is 0 Å². The Balaban J connectivity index is 0.00000127. The van der Waals surface area contributed by atoms with Crippen molar-refractivity contribution in [1.82, 2.24) is 0 Å². The normalized spacial score (nSPS) is 11.1. The van der Waals surface area contributed by atoms with Crippen molar-refractivity contribution in [3.63, 3.8) is 0 Å². The first-order valence-corrected chi connectivity index (χ1v) is 14.0. The first-order chi connectivity index (χ1) is 25.5. The van der Waals surface area contributed by atoms with Crippen molar-refractivity contribution >= 4 is 28.0 Å². The molecule has 56 heavy (non-hydrogen) atoms. The van der Waals surface area contributed by atoms with Gasteiger partial charge in [0, 0.05) is 14.2 Å². The molecular formula is C30H16BF20NaO4. The third kappa shape index (κ3) is 8.48. The second kappa shape index (κ2) is 20.2. The van der Waals surface area contributed by atoms with E-state index in [-0.39, 0.29) is 42.8 Å². The number of aliphatic hydroxyl groups is 2. The van der Waals surface area contributed by atoms with E-state index in [0.29, 0.717) is 13.2 Å². The minimum Gasteiger partial charge on any atom is -0.394 e. The van der Waals surface area contributed by atoms with E-state index in [1.54, 1.807) is 14.2 Å². The van der Waals surface area contributed by atoms with Gasteiger partial charge in [-0.3, -0.25) is 0 Å². The molecule has 4 aromatic rings. The smallest absolute Gasteiger partial charge is 0.394 e. The van der Waals surface area contributed by atoms with Crippen LogP contribution in [0.5, 0.6) is 0 Å². The third-order valence-corrected chi connectivity index (χ3v) is 7.18. The molecule has 0 saturated carbocycles. The zero-order chi connectivity index (χ0) is 42.6. The summed E-state index contributed by atoms with van der Waals surface area (Å²) in [6.07, 6.45) is -7.22. The zero-order valence-electron chi connectivity index (χ0n) is 27.7. The van der Waals surface area contributed by atoms with E-state index in [4.69, 9.17) is 10.2 Å². The number of rotatable bonds is 8. The van der Waals surface area contributed by atoms with E-state index in [1.165, 1.54) is 0 Å². The van der Waals surface area contributed by atoms with E-state index in [2.05, 4.69) is 9.47 Å². The molecule has 0 spiro atoms. The Hall–Kier alpha value is -3.62. The van der Waals surface area contributed by atoms with Gasteiger partial charge in [-0.25, -0.2) is 87.8 Å². The molecule has 0 heterocycles. The predicted molar refractivity (Wildman–Crippen MR) is 147 cm³/mol. The fraction of sp³-hybridized carbons (Fsp3) is 0.200. The van der Waals surface area contributed by atoms with Crippen molar-refractivity contribution in [2.45, 2.75) is 0 Å². The number of hydrogen-bond donors (Lipinski definition) is 2. The minimum absolute atomic E-state index is 0. The summed E-state index contributed by atoms with van der Waals surface area (Å²) in [5.74, 6) is -71.4. The molecule has 0 fully saturated rings. The van der Waals surface area contributed by atoms with Crippen molar-refractivity contribution in [3.05, 3.63) is 116 Å². The van der Waals surface area contributed by atoms with Crippen LogP contribution in [0.15, 0.2) is 0 Å². The molecule has 0 aliphatic carbocycles. The Morgan fingerprint density at radius 1 is 0.321 bits per heavy atom. The largest absolute Gasteiger partial charge is 1.00 e. The van der Waals surface area contributed by atoms with Crippen molar-refractivity contribution in [2.24, 2.45) is 0 Å². The van der Waals surface area contributed by atoms with E-state index in [9.17, 15) is 52.7 Å². The summed E-state index contributed by atoms with van der Waals surface area (Å²) < 4.78 is 303. The first kappa shape index (κ1) is 50.4. The summed E-state index contributed by atoms with van der Waals surface area (Å²) in [7, 11) is 3.25. The molecule has 0 radical (unpaired) electrons. The van der Waals surface area contributed by atoms with Crippen LogP contribution in [0.4, 0.5) is 87.8 Å². The fourth-order valence-corrected chi connectivity index (χ4v) is 5.11.